The lowest BCUT2D eigenvalue weighted by Crippen LogP contribution is -2.18. The van der Waals surface area contributed by atoms with Crippen molar-refractivity contribution in [2.24, 2.45) is 0 Å². The van der Waals surface area contributed by atoms with Crippen molar-refractivity contribution in [3.8, 4) is 0 Å². The molecule has 0 saturated heterocycles. The van der Waals surface area contributed by atoms with Crippen LogP contribution in [-0.4, -0.2) is 10.2 Å². The highest BCUT2D eigenvalue weighted by Gasteiger charge is 2.06. The minimum Gasteiger partial charge on any atom is -0.305 e. The van der Waals surface area contributed by atoms with Crippen LogP contribution in [0.15, 0.2) is 23.0 Å². The highest BCUT2D eigenvalue weighted by Crippen LogP contribution is 2.15. The quantitative estimate of drug-likeness (QED) is 0.833. The van der Waals surface area contributed by atoms with Crippen LogP contribution >= 0.6 is 11.3 Å². The first-order chi connectivity index (χ1) is 7.27. The summed E-state index contributed by atoms with van der Waals surface area (Å²) in [4.78, 5) is 0. The number of thiophene rings is 1. The zero-order valence-electron chi connectivity index (χ0n) is 8.95. The minimum absolute atomic E-state index is 0.312. The van der Waals surface area contributed by atoms with Crippen LogP contribution in [0.5, 0.6) is 0 Å². The van der Waals surface area contributed by atoms with Crippen LogP contribution in [0.2, 0.25) is 0 Å². The van der Waals surface area contributed by atoms with Gasteiger partial charge in [-0.3, -0.25) is 5.10 Å². The average molecular weight is 221 g/mol. The zero-order valence-corrected chi connectivity index (χ0v) is 9.77. The zero-order chi connectivity index (χ0) is 10.7. The van der Waals surface area contributed by atoms with Crippen molar-refractivity contribution in [1.82, 2.24) is 15.5 Å². The molecule has 1 unspecified atom stereocenters. The molecule has 2 aromatic heterocycles. The summed E-state index contributed by atoms with van der Waals surface area (Å²) in [7, 11) is 0. The lowest BCUT2D eigenvalue weighted by molar-refractivity contribution is 0.560. The monoisotopic (exact) mass is 221 g/mol. The molecule has 80 valence electrons. The molecule has 0 radical (unpaired) electrons. The van der Waals surface area contributed by atoms with Gasteiger partial charge in [-0.05, 0) is 41.8 Å². The van der Waals surface area contributed by atoms with Gasteiger partial charge in [0.15, 0.2) is 0 Å². The molecule has 2 N–H and O–H groups in total. The Balaban J connectivity index is 1.91. The molecule has 0 aliphatic carbocycles. The van der Waals surface area contributed by atoms with Crippen LogP contribution in [0.1, 0.15) is 29.8 Å². The summed E-state index contributed by atoms with van der Waals surface area (Å²) in [5, 5.41) is 14.8. The second-order valence-electron chi connectivity index (χ2n) is 3.69. The normalized spacial score (nSPS) is 12.9. The Hall–Kier alpha value is -1.13. The Bertz CT molecular complexity index is 405. The lowest BCUT2D eigenvalue weighted by atomic mass is 10.2. The highest BCUT2D eigenvalue weighted by atomic mass is 32.1. The number of aromatic nitrogens is 2. The standard InChI is InChI=1S/C11H15N3S/c1-8-6-15-7-10(8)5-12-9(2)11-3-4-13-14-11/h3-4,6-7,9,12H,5H2,1-2H3,(H,13,14). The fraction of sp³-hybridized carbons (Fsp3) is 0.364. The summed E-state index contributed by atoms with van der Waals surface area (Å²) < 4.78 is 0. The van der Waals surface area contributed by atoms with E-state index in [1.807, 2.05) is 6.07 Å². The summed E-state index contributed by atoms with van der Waals surface area (Å²) in [6, 6.07) is 2.31. The highest BCUT2D eigenvalue weighted by molar-refractivity contribution is 7.08. The van der Waals surface area contributed by atoms with E-state index >= 15 is 0 Å². The molecule has 2 rings (SSSR count). The number of hydrogen-bond acceptors (Lipinski definition) is 3. The smallest absolute Gasteiger partial charge is 0.0518 e. The maximum Gasteiger partial charge on any atom is 0.0518 e. The van der Waals surface area contributed by atoms with Gasteiger partial charge in [-0.2, -0.15) is 16.4 Å². The molecular formula is C11H15N3S. The van der Waals surface area contributed by atoms with E-state index in [0.717, 1.165) is 12.2 Å². The first-order valence-corrected chi connectivity index (χ1v) is 5.96. The molecular weight excluding hydrogens is 206 g/mol. The van der Waals surface area contributed by atoms with E-state index in [0.29, 0.717) is 6.04 Å². The van der Waals surface area contributed by atoms with Crippen molar-refractivity contribution in [2.45, 2.75) is 26.4 Å². The van der Waals surface area contributed by atoms with Gasteiger partial charge in [-0.15, -0.1) is 0 Å². The van der Waals surface area contributed by atoms with Gasteiger partial charge in [-0.1, -0.05) is 0 Å². The van der Waals surface area contributed by atoms with Crippen LogP contribution in [0.4, 0.5) is 0 Å². The van der Waals surface area contributed by atoms with Gasteiger partial charge in [0.1, 0.15) is 0 Å². The third-order valence-electron chi connectivity index (χ3n) is 2.55. The fourth-order valence-corrected chi connectivity index (χ4v) is 2.31. The van der Waals surface area contributed by atoms with Crippen molar-refractivity contribution in [3.63, 3.8) is 0 Å². The molecule has 0 saturated carbocycles. The second-order valence-corrected chi connectivity index (χ2v) is 4.44. The molecule has 0 aliphatic heterocycles. The van der Waals surface area contributed by atoms with E-state index in [1.165, 1.54) is 11.1 Å². The second kappa shape index (κ2) is 4.59. The van der Waals surface area contributed by atoms with Gasteiger partial charge >= 0.3 is 0 Å². The topological polar surface area (TPSA) is 40.7 Å². The lowest BCUT2D eigenvalue weighted by Gasteiger charge is -2.11. The molecule has 2 heterocycles. The Morgan fingerprint density at radius 1 is 1.53 bits per heavy atom. The van der Waals surface area contributed by atoms with E-state index in [9.17, 15) is 0 Å². The molecule has 0 aromatic carbocycles. The Morgan fingerprint density at radius 3 is 3.00 bits per heavy atom. The summed E-state index contributed by atoms with van der Waals surface area (Å²) in [5.41, 5.74) is 3.87. The molecule has 0 bridgehead atoms. The van der Waals surface area contributed by atoms with Crippen molar-refractivity contribution < 1.29 is 0 Å². The molecule has 0 spiro atoms. The number of nitrogens with zero attached hydrogens (tertiary/aromatic N) is 1. The first kappa shape index (κ1) is 10.4. The molecule has 0 aliphatic rings. The van der Waals surface area contributed by atoms with E-state index in [4.69, 9.17) is 0 Å². The van der Waals surface area contributed by atoms with Crippen molar-refractivity contribution in [3.05, 3.63) is 39.8 Å². The molecule has 3 nitrogen and oxygen atoms in total. The van der Waals surface area contributed by atoms with E-state index in [2.05, 4.69) is 40.1 Å². The molecule has 0 amide bonds. The summed E-state index contributed by atoms with van der Waals surface area (Å²) >= 11 is 1.76. The van der Waals surface area contributed by atoms with E-state index in [-0.39, 0.29) is 0 Å². The SMILES string of the molecule is Cc1cscc1CNC(C)c1ccn[nH]1. The van der Waals surface area contributed by atoms with Crippen LogP contribution in [0.3, 0.4) is 0 Å². The van der Waals surface area contributed by atoms with Gasteiger partial charge in [-0.25, -0.2) is 0 Å². The Morgan fingerprint density at radius 2 is 2.40 bits per heavy atom. The van der Waals surface area contributed by atoms with Gasteiger partial charge in [0, 0.05) is 18.8 Å². The van der Waals surface area contributed by atoms with Gasteiger partial charge < -0.3 is 5.32 Å². The number of aromatic amines is 1. The Labute approximate surface area is 93.5 Å². The van der Waals surface area contributed by atoms with Crippen molar-refractivity contribution in [2.75, 3.05) is 0 Å². The molecule has 2 aromatic rings. The first-order valence-electron chi connectivity index (χ1n) is 5.01. The average Bonchev–Trinajstić information content (AvgIpc) is 2.85. The predicted octanol–water partition coefficient (Wildman–Crippen LogP) is 2.63. The number of aryl methyl sites for hydroxylation is 1. The maximum absolute atomic E-state index is 3.94. The Kier molecular flexibility index (Phi) is 3.18. The predicted molar refractivity (Wildman–Crippen MR) is 62.9 cm³/mol. The third-order valence-corrected chi connectivity index (χ3v) is 3.46. The maximum atomic E-state index is 3.94. The van der Waals surface area contributed by atoms with E-state index < -0.39 is 0 Å². The summed E-state index contributed by atoms with van der Waals surface area (Å²) in [5.74, 6) is 0. The summed E-state index contributed by atoms with van der Waals surface area (Å²) in [6.07, 6.45) is 1.78. The largest absolute Gasteiger partial charge is 0.305 e. The number of nitrogens with one attached hydrogen (secondary N) is 2. The molecule has 0 fully saturated rings. The number of H-pyrrole nitrogens is 1. The van der Waals surface area contributed by atoms with E-state index in [1.54, 1.807) is 17.5 Å². The minimum atomic E-state index is 0.312. The molecule has 4 heteroatoms. The van der Waals surface area contributed by atoms with Crippen molar-refractivity contribution in [1.29, 1.82) is 0 Å². The number of hydrogen-bond donors (Lipinski definition) is 2. The van der Waals surface area contributed by atoms with Gasteiger partial charge in [0.2, 0.25) is 0 Å². The summed E-state index contributed by atoms with van der Waals surface area (Å²) in [6.45, 7) is 5.19. The third kappa shape index (κ3) is 2.46. The van der Waals surface area contributed by atoms with Gasteiger partial charge in [0.25, 0.3) is 0 Å². The fourth-order valence-electron chi connectivity index (χ4n) is 1.45. The van der Waals surface area contributed by atoms with Gasteiger partial charge in [0.05, 0.1) is 5.69 Å². The molecule has 1 atom stereocenters. The molecule has 15 heavy (non-hydrogen) atoms. The number of rotatable bonds is 4. The van der Waals surface area contributed by atoms with Crippen LogP contribution in [0, 0.1) is 6.92 Å². The van der Waals surface area contributed by atoms with Crippen molar-refractivity contribution >= 4 is 11.3 Å². The van der Waals surface area contributed by atoms with Crippen LogP contribution in [-0.2, 0) is 6.54 Å². The van der Waals surface area contributed by atoms with Crippen LogP contribution in [0.25, 0.3) is 0 Å². The van der Waals surface area contributed by atoms with Crippen LogP contribution < -0.4 is 5.32 Å².